The van der Waals surface area contributed by atoms with Gasteiger partial charge in [0.05, 0.1) is 5.71 Å². The molecule has 0 heterocycles. The number of hydrogen-bond donors (Lipinski definition) is 1. The summed E-state index contributed by atoms with van der Waals surface area (Å²) in [6.45, 7) is 0. The highest BCUT2D eigenvalue weighted by molar-refractivity contribution is 6.15. The molecular formula is C20H16N2O. The van der Waals surface area contributed by atoms with Crippen molar-refractivity contribution in [1.29, 1.82) is 0 Å². The highest BCUT2D eigenvalue weighted by Crippen LogP contribution is 2.15. The van der Waals surface area contributed by atoms with Crippen molar-refractivity contribution in [2.75, 3.05) is 0 Å². The van der Waals surface area contributed by atoms with E-state index in [1.807, 2.05) is 78.9 Å². The normalized spacial score (nSPS) is 11.2. The minimum Gasteiger partial charge on any atom is -0.323 e. The van der Waals surface area contributed by atoms with Gasteiger partial charge in [-0.05, 0) is 6.07 Å². The van der Waals surface area contributed by atoms with Crippen LogP contribution in [-0.4, -0.2) is 11.5 Å². The second kappa shape index (κ2) is 6.71. The summed E-state index contributed by atoms with van der Waals surface area (Å²) in [7, 11) is 0. The lowest BCUT2D eigenvalue weighted by atomic mass is 9.97. The monoisotopic (exact) mass is 300 g/mol. The third kappa shape index (κ3) is 3.19. The quantitative estimate of drug-likeness (QED) is 0.346. The molecule has 0 aliphatic heterocycles. The number of carbonyl (C=O) groups excluding carboxylic acids is 1. The Morgan fingerprint density at radius 1 is 0.652 bits per heavy atom. The van der Waals surface area contributed by atoms with Gasteiger partial charge in [-0.1, -0.05) is 78.9 Å². The van der Waals surface area contributed by atoms with E-state index in [-0.39, 0.29) is 5.78 Å². The molecule has 0 bridgehead atoms. The first kappa shape index (κ1) is 14.7. The number of hydrazone groups is 1. The van der Waals surface area contributed by atoms with Crippen LogP contribution in [0.1, 0.15) is 27.0 Å². The van der Waals surface area contributed by atoms with Crippen LogP contribution < -0.4 is 5.84 Å². The van der Waals surface area contributed by atoms with E-state index >= 15 is 0 Å². The zero-order chi connectivity index (χ0) is 16.1. The molecule has 3 nitrogen and oxygen atoms in total. The van der Waals surface area contributed by atoms with Crippen LogP contribution in [0.4, 0.5) is 0 Å². The Balaban J connectivity index is 1.99. The van der Waals surface area contributed by atoms with Gasteiger partial charge in [-0.3, -0.25) is 4.79 Å². The summed E-state index contributed by atoms with van der Waals surface area (Å²) in [5, 5.41) is 3.91. The Hall–Kier alpha value is -3.20. The predicted molar refractivity (Wildman–Crippen MR) is 92.6 cm³/mol. The molecule has 0 unspecified atom stereocenters. The number of ketones is 1. The molecule has 2 N–H and O–H groups in total. The molecule has 0 atom stereocenters. The van der Waals surface area contributed by atoms with Gasteiger partial charge in [-0.15, -0.1) is 0 Å². The van der Waals surface area contributed by atoms with Crippen LogP contribution in [-0.2, 0) is 0 Å². The lowest BCUT2D eigenvalue weighted by Gasteiger charge is -2.08. The fraction of sp³-hybridized carbons (Fsp3) is 0. The SMILES string of the molecule is N/N=C(/c1ccccc1)c1cccc(C(=O)c2ccccc2)c1. The van der Waals surface area contributed by atoms with Crippen LogP contribution in [0.2, 0.25) is 0 Å². The minimum atomic E-state index is -0.0168. The van der Waals surface area contributed by atoms with Crippen molar-refractivity contribution in [2.24, 2.45) is 10.9 Å². The maximum Gasteiger partial charge on any atom is 0.193 e. The summed E-state index contributed by atoms with van der Waals surface area (Å²) in [5.74, 6) is 5.56. The zero-order valence-corrected chi connectivity index (χ0v) is 12.5. The molecule has 0 amide bonds. The van der Waals surface area contributed by atoms with E-state index in [9.17, 15) is 4.79 Å². The lowest BCUT2D eigenvalue weighted by Crippen LogP contribution is -2.08. The summed E-state index contributed by atoms with van der Waals surface area (Å²) >= 11 is 0. The molecule has 0 spiro atoms. The maximum absolute atomic E-state index is 12.6. The largest absolute Gasteiger partial charge is 0.323 e. The van der Waals surface area contributed by atoms with Gasteiger partial charge in [0.15, 0.2) is 5.78 Å². The van der Waals surface area contributed by atoms with Crippen molar-refractivity contribution in [1.82, 2.24) is 0 Å². The number of rotatable bonds is 4. The molecule has 3 aromatic carbocycles. The van der Waals surface area contributed by atoms with Gasteiger partial charge in [0.1, 0.15) is 0 Å². The van der Waals surface area contributed by atoms with E-state index in [0.29, 0.717) is 16.8 Å². The molecule has 0 fully saturated rings. The zero-order valence-electron chi connectivity index (χ0n) is 12.5. The second-order valence-electron chi connectivity index (χ2n) is 5.12. The molecule has 3 aromatic rings. The summed E-state index contributed by atoms with van der Waals surface area (Å²) in [5.41, 5.74) is 3.68. The van der Waals surface area contributed by atoms with Crippen molar-refractivity contribution in [3.63, 3.8) is 0 Å². The number of hydrogen-bond acceptors (Lipinski definition) is 3. The van der Waals surface area contributed by atoms with E-state index in [1.165, 1.54) is 0 Å². The Morgan fingerprint density at radius 3 is 1.78 bits per heavy atom. The van der Waals surface area contributed by atoms with E-state index in [1.54, 1.807) is 6.07 Å². The Kier molecular flexibility index (Phi) is 4.29. The molecule has 0 aromatic heterocycles. The van der Waals surface area contributed by atoms with Gasteiger partial charge in [-0.2, -0.15) is 5.10 Å². The van der Waals surface area contributed by atoms with Crippen LogP contribution in [0.15, 0.2) is 90.0 Å². The van der Waals surface area contributed by atoms with Gasteiger partial charge in [0.25, 0.3) is 0 Å². The van der Waals surface area contributed by atoms with Crippen molar-refractivity contribution >= 4 is 11.5 Å². The fourth-order valence-electron chi connectivity index (χ4n) is 2.48. The maximum atomic E-state index is 12.6. The van der Waals surface area contributed by atoms with Crippen LogP contribution in [0, 0.1) is 0 Å². The molecule has 3 heteroatoms. The van der Waals surface area contributed by atoms with E-state index in [0.717, 1.165) is 11.1 Å². The smallest absolute Gasteiger partial charge is 0.193 e. The number of carbonyl (C=O) groups is 1. The molecule has 0 aliphatic carbocycles. The topological polar surface area (TPSA) is 55.4 Å². The van der Waals surface area contributed by atoms with Crippen molar-refractivity contribution in [2.45, 2.75) is 0 Å². The molecule has 0 saturated heterocycles. The van der Waals surface area contributed by atoms with Crippen LogP contribution in [0.5, 0.6) is 0 Å². The van der Waals surface area contributed by atoms with Crippen LogP contribution in [0.25, 0.3) is 0 Å². The number of nitrogens with two attached hydrogens (primary N) is 1. The van der Waals surface area contributed by atoms with E-state index < -0.39 is 0 Å². The van der Waals surface area contributed by atoms with E-state index in [4.69, 9.17) is 5.84 Å². The summed E-state index contributed by atoms with van der Waals surface area (Å²) in [6.07, 6.45) is 0. The minimum absolute atomic E-state index is 0.0168. The molecule has 0 aliphatic rings. The molecular weight excluding hydrogens is 284 g/mol. The fourth-order valence-corrected chi connectivity index (χ4v) is 2.48. The van der Waals surface area contributed by atoms with Crippen molar-refractivity contribution in [3.05, 3.63) is 107 Å². The van der Waals surface area contributed by atoms with Gasteiger partial charge < -0.3 is 5.84 Å². The number of nitrogens with zero attached hydrogens (tertiary/aromatic N) is 1. The molecule has 0 radical (unpaired) electrons. The summed E-state index contributed by atoms with van der Waals surface area (Å²) < 4.78 is 0. The Labute approximate surface area is 135 Å². The lowest BCUT2D eigenvalue weighted by molar-refractivity contribution is 0.103. The second-order valence-corrected chi connectivity index (χ2v) is 5.12. The van der Waals surface area contributed by atoms with Crippen LogP contribution in [0.3, 0.4) is 0 Å². The van der Waals surface area contributed by atoms with Crippen LogP contribution >= 0.6 is 0 Å². The van der Waals surface area contributed by atoms with Crippen molar-refractivity contribution < 1.29 is 4.79 Å². The molecule has 0 saturated carbocycles. The first-order valence-corrected chi connectivity index (χ1v) is 7.33. The van der Waals surface area contributed by atoms with Gasteiger partial charge in [0, 0.05) is 22.3 Å². The van der Waals surface area contributed by atoms with E-state index in [2.05, 4.69) is 5.10 Å². The average molecular weight is 300 g/mol. The predicted octanol–water partition coefficient (Wildman–Crippen LogP) is 3.63. The first-order valence-electron chi connectivity index (χ1n) is 7.33. The summed E-state index contributed by atoms with van der Waals surface area (Å²) in [4.78, 5) is 12.6. The summed E-state index contributed by atoms with van der Waals surface area (Å²) in [6, 6.07) is 26.3. The Morgan fingerprint density at radius 2 is 1.17 bits per heavy atom. The average Bonchev–Trinajstić information content (AvgIpc) is 2.64. The standard InChI is InChI=1S/C20H16N2O/c21-22-19(15-8-3-1-4-9-15)17-12-7-13-18(14-17)20(23)16-10-5-2-6-11-16/h1-14H,21H2/b22-19-. The van der Waals surface area contributed by atoms with Gasteiger partial charge in [0.2, 0.25) is 0 Å². The molecule has 3 rings (SSSR count). The molecule has 112 valence electrons. The highest BCUT2D eigenvalue weighted by Gasteiger charge is 2.12. The third-order valence-electron chi connectivity index (χ3n) is 3.61. The highest BCUT2D eigenvalue weighted by atomic mass is 16.1. The number of benzene rings is 3. The van der Waals surface area contributed by atoms with Crippen molar-refractivity contribution in [3.8, 4) is 0 Å². The van der Waals surface area contributed by atoms with Gasteiger partial charge >= 0.3 is 0 Å². The van der Waals surface area contributed by atoms with Gasteiger partial charge in [-0.25, -0.2) is 0 Å². The third-order valence-corrected chi connectivity index (χ3v) is 3.61. The Bertz CT molecular complexity index is 840. The first-order chi connectivity index (χ1) is 11.3. The molecule has 23 heavy (non-hydrogen) atoms.